The van der Waals surface area contributed by atoms with Gasteiger partial charge in [-0.15, -0.1) is 0 Å². The van der Waals surface area contributed by atoms with Crippen molar-refractivity contribution < 1.29 is 12.4 Å². The van der Waals surface area contributed by atoms with E-state index in [0.717, 1.165) is 4.48 Å². The van der Waals surface area contributed by atoms with Crippen molar-refractivity contribution in [2.45, 2.75) is 65.2 Å². The predicted octanol–water partition coefficient (Wildman–Crippen LogP) is 4.49. The number of hydrogen-bond donors (Lipinski definition) is 0. The Morgan fingerprint density at radius 1 is 0.538 bits per heavy atom. The average Bonchev–Trinajstić information content (AvgIpc) is 2.68. The van der Waals surface area contributed by atoms with Gasteiger partial charge in [0.15, 0.2) is 0 Å². The van der Waals surface area contributed by atoms with Gasteiger partial charge in [-0.2, -0.15) is 0 Å². The van der Waals surface area contributed by atoms with Crippen LogP contribution in [0.25, 0.3) is 0 Å². The number of unbranched alkanes of at least 4 members (excludes halogenated alkanes) is 6. The highest BCUT2D eigenvalue weighted by Crippen LogP contribution is 2.36. The standard InChI is InChI=1S/C24H36N.ClH/c1-3-5-7-15-21-25(22-16-8-6-4-2,23-17-11-9-12-18-23)24-19-13-10-14-20-24;/h9-14,17-20H,3-8,15-16,21-22H2,1-2H3;1H/q+1;/p-1. The van der Waals surface area contributed by atoms with Crippen molar-refractivity contribution in [2.75, 3.05) is 13.1 Å². The third-order valence-electron chi connectivity index (χ3n) is 5.29. The van der Waals surface area contributed by atoms with Crippen LogP contribution < -0.4 is 16.9 Å². The van der Waals surface area contributed by atoms with E-state index in [9.17, 15) is 0 Å². The summed E-state index contributed by atoms with van der Waals surface area (Å²) in [6, 6.07) is 22.4. The summed E-state index contributed by atoms with van der Waals surface area (Å²) < 4.78 is 1.01. The Kier molecular flexibility index (Phi) is 11.3. The molecule has 26 heavy (non-hydrogen) atoms. The number of hydrogen-bond acceptors (Lipinski definition) is 0. The van der Waals surface area contributed by atoms with E-state index in [1.165, 1.54) is 75.8 Å². The predicted molar refractivity (Wildman–Crippen MR) is 112 cm³/mol. The zero-order chi connectivity index (χ0) is 17.8. The van der Waals surface area contributed by atoms with Gasteiger partial charge in [-0.3, -0.25) is 4.48 Å². The van der Waals surface area contributed by atoms with Gasteiger partial charge in [0.25, 0.3) is 0 Å². The van der Waals surface area contributed by atoms with Crippen LogP contribution in [0.15, 0.2) is 60.7 Å². The number of halogens is 1. The van der Waals surface area contributed by atoms with Crippen LogP contribution in [0.5, 0.6) is 0 Å². The number of rotatable bonds is 12. The van der Waals surface area contributed by atoms with Crippen molar-refractivity contribution in [3.63, 3.8) is 0 Å². The molecule has 0 spiro atoms. The van der Waals surface area contributed by atoms with Gasteiger partial charge in [0.05, 0.1) is 13.1 Å². The Morgan fingerprint density at radius 3 is 1.27 bits per heavy atom. The van der Waals surface area contributed by atoms with Crippen LogP contribution in [0, 0.1) is 0 Å². The molecule has 144 valence electrons. The van der Waals surface area contributed by atoms with Crippen LogP contribution in [0.3, 0.4) is 0 Å². The summed E-state index contributed by atoms with van der Waals surface area (Å²) in [5.74, 6) is 0. The fourth-order valence-corrected chi connectivity index (χ4v) is 3.82. The number of nitrogens with zero attached hydrogens (tertiary/aromatic N) is 1. The Morgan fingerprint density at radius 2 is 0.923 bits per heavy atom. The lowest BCUT2D eigenvalue weighted by molar-refractivity contribution is -0.00000526. The molecular formula is C24H36ClN. The lowest BCUT2D eigenvalue weighted by atomic mass is 10.1. The normalized spacial score (nSPS) is 11.2. The molecule has 2 aromatic rings. The second-order valence-corrected chi connectivity index (χ2v) is 7.21. The van der Waals surface area contributed by atoms with Gasteiger partial charge in [-0.25, -0.2) is 0 Å². The SMILES string of the molecule is CCCCCC[N+](CCCCCC)(c1ccccc1)c1ccccc1.[Cl-]. The zero-order valence-corrected chi connectivity index (χ0v) is 17.4. The van der Waals surface area contributed by atoms with Gasteiger partial charge < -0.3 is 12.4 Å². The van der Waals surface area contributed by atoms with Crippen LogP contribution >= 0.6 is 0 Å². The van der Waals surface area contributed by atoms with E-state index in [4.69, 9.17) is 0 Å². The first-order chi connectivity index (χ1) is 12.3. The van der Waals surface area contributed by atoms with Crippen LogP contribution in [0.4, 0.5) is 11.4 Å². The van der Waals surface area contributed by atoms with Crippen molar-refractivity contribution >= 4 is 11.4 Å². The molecule has 0 atom stereocenters. The molecule has 0 amide bonds. The first kappa shape index (κ1) is 22.7. The van der Waals surface area contributed by atoms with E-state index >= 15 is 0 Å². The first-order valence-corrected chi connectivity index (χ1v) is 10.3. The molecule has 2 heteroatoms. The summed E-state index contributed by atoms with van der Waals surface area (Å²) in [5, 5.41) is 0. The summed E-state index contributed by atoms with van der Waals surface area (Å²) in [6.07, 6.45) is 10.6. The number of benzene rings is 2. The van der Waals surface area contributed by atoms with Crippen LogP contribution in [-0.4, -0.2) is 13.1 Å². The van der Waals surface area contributed by atoms with Gasteiger partial charge in [-0.05, 0) is 49.9 Å². The minimum absolute atomic E-state index is 0. The third kappa shape index (κ3) is 6.45. The Hall–Kier alpha value is -1.31. The monoisotopic (exact) mass is 373 g/mol. The van der Waals surface area contributed by atoms with E-state index in [0.29, 0.717) is 0 Å². The van der Waals surface area contributed by atoms with Gasteiger partial charge in [0.1, 0.15) is 11.4 Å². The largest absolute Gasteiger partial charge is 1.00 e. The van der Waals surface area contributed by atoms with Crippen molar-refractivity contribution in [3.05, 3.63) is 60.7 Å². The highest BCUT2D eigenvalue weighted by Gasteiger charge is 2.32. The molecule has 2 aromatic carbocycles. The van der Waals surface area contributed by atoms with E-state index in [-0.39, 0.29) is 12.4 Å². The minimum atomic E-state index is 0. The Labute approximate surface area is 167 Å². The Balaban J connectivity index is 0.00000338. The van der Waals surface area contributed by atoms with Crippen molar-refractivity contribution in [1.29, 1.82) is 0 Å². The quantitative estimate of drug-likeness (QED) is 0.380. The molecule has 1 nitrogen and oxygen atoms in total. The molecule has 0 fully saturated rings. The molecule has 0 aliphatic carbocycles. The zero-order valence-electron chi connectivity index (χ0n) is 16.7. The summed E-state index contributed by atoms with van der Waals surface area (Å²) in [5.41, 5.74) is 2.89. The van der Waals surface area contributed by atoms with Gasteiger partial charge in [0.2, 0.25) is 0 Å². The third-order valence-corrected chi connectivity index (χ3v) is 5.29. The molecule has 0 N–H and O–H groups in total. The fourth-order valence-electron chi connectivity index (χ4n) is 3.82. The maximum Gasteiger partial charge on any atom is 0.137 e. The maximum absolute atomic E-state index is 2.33. The highest BCUT2D eigenvalue weighted by molar-refractivity contribution is 5.58. The van der Waals surface area contributed by atoms with Gasteiger partial charge in [-0.1, -0.05) is 75.9 Å². The summed E-state index contributed by atoms with van der Waals surface area (Å²) in [7, 11) is 0. The number of quaternary nitrogens is 1. The fraction of sp³-hybridized carbons (Fsp3) is 0.500. The lowest BCUT2D eigenvalue weighted by Gasteiger charge is -2.38. The molecule has 0 bridgehead atoms. The van der Waals surface area contributed by atoms with E-state index < -0.39 is 0 Å². The molecule has 0 saturated heterocycles. The van der Waals surface area contributed by atoms with Crippen molar-refractivity contribution in [2.24, 2.45) is 0 Å². The second kappa shape index (κ2) is 12.9. The molecule has 0 saturated carbocycles. The van der Waals surface area contributed by atoms with Crippen molar-refractivity contribution in [1.82, 2.24) is 4.48 Å². The highest BCUT2D eigenvalue weighted by atomic mass is 35.5. The minimum Gasteiger partial charge on any atom is -1.00 e. The van der Waals surface area contributed by atoms with E-state index in [1.807, 2.05) is 0 Å². The van der Waals surface area contributed by atoms with E-state index in [1.54, 1.807) is 0 Å². The molecular weight excluding hydrogens is 338 g/mol. The summed E-state index contributed by atoms with van der Waals surface area (Å²) >= 11 is 0. The average molecular weight is 374 g/mol. The molecule has 0 aliphatic rings. The topological polar surface area (TPSA) is 0 Å². The maximum atomic E-state index is 2.33. The molecule has 0 heterocycles. The molecule has 0 aromatic heterocycles. The molecule has 0 aliphatic heterocycles. The summed E-state index contributed by atoms with van der Waals surface area (Å²) in [4.78, 5) is 0. The van der Waals surface area contributed by atoms with Crippen LogP contribution in [0.2, 0.25) is 0 Å². The lowest BCUT2D eigenvalue weighted by Crippen LogP contribution is -3.00. The van der Waals surface area contributed by atoms with Gasteiger partial charge >= 0.3 is 0 Å². The Bertz CT molecular complexity index is 514. The summed E-state index contributed by atoms with van der Waals surface area (Å²) in [6.45, 7) is 7.00. The molecule has 0 radical (unpaired) electrons. The van der Waals surface area contributed by atoms with Crippen LogP contribution in [-0.2, 0) is 0 Å². The number of para-hydroxylation sites is 2. The van der Waals surface area contributed by atoms with E-state index in [2.05, 4.69) is 74.5 Å². The van der Waals surface area contributed by atoms with Gasteiger partial charge in [0, 0.05) is 0 Å². The first-order valence-electron chi connectivity index (χ1n) is 10.3. The molecule has 0 unspecified atom stereocenters. The molecule has 2 rings (SSSR count). The second-order valence-electron chi connectivity index (χ2n) is 7.21. The van der Waals surface area contributed by atoms with Crippen LogP contribution in [0.1, 0.15) is 65.2 Å². The van der Waals surface area contributed by atoms with Crippen molar-refractivity contribution in [3.8, 4) is 0 Å². The smallest absolute Gasteiger partial charge is 0.137 e.